The lowest BCUT2D eigenvalue weighted by atomic mass is 10.1. The van der Waals surface area contributed by atoms with Gasteiger partial charge < -0.3 is 9.84 Å². The number of halogens is 1. The highest BCUT2D eigenvalue weighted by Crippen LogP contribution is 2.24. The minimum atomic E-state index is -0.622. The van der Waals surface area contributed by atoms with E-state index in [0.29, 0.717) is 17.1 Å². The molecular weight excluding hydrogens is 362 g/mol. The summed E-state index contributed by atoms with van der Waals surface area (Å²) in [5.41, 5.74) is 1.68. The molecular formula is C22H24ClNO3. The van der Waals surface area contributed by atoms with Crippen molar-refractivity contribution < 1.29 is 14.6 Å². The molecule has 0 aromatic heterocycles. The molecule has 0 saturated heterocycles. The van der Waals surface area contributed by atoms with E-state index in [1.54, 1.807) is 31.2 Å². The normalized spacial score (nSPS) is 12.1. The maximum absolute atomic E-state index is 12.2. The lowest BCUT2D eigenvalue weighted by Gasteiger charge is -2.08. The summed E-state index contributed by atoms with van der Waals surface area (Å²) in [7, 11) is 0. The maximum atomic E-state index is 12.2. The third-order valence-corrected chi connectivity index (χ3v) is 4.27. The molecule has 0 fully saturated rings. The van der Waals surface area contributed by atoms with Crippen LogP contribution in [0.1, 0.15) is 30.9 Å². The number of nitrogens with zero attached hydrogens (tertiary/aromatic N) is 1. The molecule has 2 aromatic carbocycles. The van der Waals surface area contributed by atoms with Crippen molar-refractivity contribution in [2.75, 3.05) is 13.2 Å². The number of ether oxygens (including phenoxy) is 1. The highest BCUT2D eigenvalue weighted by atomic mass is 35.5. The molecule has 0 heterocycles. The number of aliphatic hydroxyl groups excluding tert-OH is 1. The third-order valence-electron chi connectivity index (χ3n) is 3.95. The zero-order valence-electron chi connectivity index (χ0n) is 15.4. The predicted molar refractivity (Wildman–Crippen MR) is 110 cm³/mol. The first-order chi connectivity index (χ1) is 13.1. The first-order valence-electron chi connectivity index (χ1n) is 9.02. The molecule has 0 radical (unpaired) electrons. The molecule has 0 atom stereocenters. The predicted octanol–water partition coefficient (Wildman–Crippen LogP) is 5.27. The SMILES string of the molecule is CCOC(=O)/C(C=NCCCCc1ccccc1)=C(/O)c1ccccc1Cl. The van der Waals surface area contributed by atoms with Gasteiger partial charge in [-0.15, -0.1) is 0 Å². The molecule has 2 rings (SSSR count). The molecule has 0 bridgehead atoms. The Kier molecular flexibility index (Phi) is 8.59. The summed E-state index contributed by atoms with van der Waals surface area (Å²) in [6, 6.07) is 17.1. The number of aryl methyl sites for hydroxylation is 1. The Hall–Kier alpha value is -2.59. The van der Waals surface area contributed by atoms with Crippen LogP contribution in [-0.4, -0.2) is 30.4 Å². The van der Waals surface area contributed by atoms with Gasteiger partial charge in [-0.05, 0) is 43.9 Å². The number of rotatable bonds is 9. The monoisotopic (exact) mass is 385 g/mol. The molecule has 0 saturated carbocycles. The van der Waals surface area contributed by atoms with E-state index in [4.69, 9.17) is 16.3 Å². The molecule has 5 heteroatoms. The van der Waals surface area contributed by atoms with Gasteiger partial charge in [-0.25, -0.2) is 4.79 Å². The van der Waals surface area contributed by atoms with Gasteiger partial charge in [0.2, 0.25) is 0 Å². The van der Waals surface area contributed by atoms with Gasteiger partial charge in [-0.3, -0.25) is 4.99 Å². The van der Waals surface area contributed by atoms with E-state index in [1.165, 1.54) is 11.8 Å². The van der Waals surface area contributed by atoms with Gasteiger partial charge in [0.1, 0.15) is 11.3 Å². The summed E-state index contributed by atoms with van der Waals surface area (Å²) in [6.45, 7) is 2.48. The Morgan fingerprint density at radius 1 is 1.11 bits per heavy atom. The molecule has 27 heavy (non-hydrogen) atoms. The highest BCUT2D eigenvalue weighted by molar-refractivity contribution is 6.32. The van der Waals surface area contributed by atoms with Crippen LogP contribution in [0.5, 0.6) is 0 Å². The van der Waals surface area contributed by atoms with Crippen LogP contribution >= 0.6 is 11.6 Å². The van der Waals surface area contributed by atoms with E-state index in [1.807, 2.05) is 18.2 Å². The fourth-order valence-electron chi connectivity index (χ4n) is 2.55. The van der Waals surface area contributed by atoms with Gasteiger partial charge in [-0.2, -0.15) is 0 Å². The number of aliphatic hydroxyl groups is 1. The molecule has 1 N–H and O–H groups in total. The number of benzene rings is 2. The smallest absolute Gasteiger partial charge is 0.343 e. The number of carbonyl (C=O) groups excluding carboxylic acids is 1. The van der Waals surface area contributed by atoms with Crippen LogP contribution in [0.2, 0.25) is 5.02 Å². The van der Waals surface area contributed by atoms with Gasteiger partial charge in [0.15, 0.2) is 0 Å². The van der Waals surface area contributed by atoms with Crippen molar-refractivity contribution >= 4 is 29.5 Å². The molecule has 142 valence electrons. The van der Waals surface area contributed by atoms with Crippen molar-refractivity contribution in [2.45, 2.75) is 26.2 Å². The average Bonchev–Trinajstić information content (AvgIpc) is 2.68. The molecule has 0 aliphatic carbocycles. The highest BCUT2D eigenvalue weighted by Gasteiger charge is 2.17. The Morgan fingerprint density at radius 3 is 2.52 bits per heavy atom. The van der Waals surface area contributed by atoms with Crippen molar-refractivity contribution in [3.05, 3.63) is 76.3 Å². The van der Waals surface area contributed by atoms with Gasteiger partial charge in [0, 0.05) is 18.3 Å². The summed E-state index contributed by atoms with van der Waals surface area (Å²) in [6.07, 6.45) is 4.24. The Labute approximate surface area is 165 Å². The third kappa shape index (κ3) is 6.57. The fraction of sp³-hybridized carbons (Fsp3) is 0.273. The van der Waals surface area contributed by atoms with Gasteiger partial charge in [-0.1, -0.05) is 54.1 Å². The minimum Gasteiger partial charge on any atom is -0.506 e. The number of aliphatic imine (C=N–C) groups is 1. The second-order valence-electron chi connectivity index (χ2n) is 5.94. The van der Waals surface area contributed by atoms with Crippen LogP contribution in [0.3, 0.4) is 0 Å². The Balaban J connectivity index is 2.02. The van der Waals surface area contributed by atoms with Crippen molar-refractivity contribution in [1.29, 1.82) is 0 Å². The van der Waals surface area contributed by atoms with Crippen LogP contribution in [0.4, 0.5) is 0 Å². The van der Waals surface area contributed by atoms with Crippen LogP contribution in [-0.2, 0) is 16.0 Å². The number of esters is 1. The van der Waals surface area contributed by atoms with E-state index in [-0.39, 0.29) is 17.9 Å². The van der Waals surface area contributed by atoms with Crippen LogP contribution in [0, 0.1) is 0 Å². The Bertz CT molecular complexity index is 800. The van der Waals surface area contributed by atoms with Crippen molar-refractivity contribution in [3.8, 4) is 0 Å². The van der Waals surface area contributed by atoms with E-state index in [0.717, 1.165) is 19.3 Å². The van der Waals surface area contributed by atoms with E-state index >= 15 is 0 Å². The molecule has 4 nitrogen and oxygen atoms in total. The van der Waals surface area contributed by atoms with Crippen molar-refractivity contribution in [2.24, 2.45) is 4.99 Å². The van der Waals surface area contributed by atoms with Crippen LogP contribution in [0.15, 0.2) is 65.2 Å². The zero-order valence-corrected chi connectivity index (χ0v) is 16.2. The fourth-order valence-corrected chi connectivity index (χ4v) is 2.78. The minimum absolute atomic E-state index is 0.00742. The van der Waals surface area contributed by atoms with Gasteiger partial charge >= 0.3 is 5.97 Å². The zero-order chi connectivity index (χ0) is 19.5. The topological polar surface area (TPSA) is 58.9 Å². The van der Waals surface area contributed by atoms with E-state index < -0.39 is 5.97 Å². The summed E-state index contributed by atoms with van der Waals surface area (Å²) in [5, 5.41) is 10.9. The largest absolute Gasteiger partial charge is 0.506 e. The standard InChI is InChI=1S/C22H24ClNO3/c1-2-27-22(26)19(21(25)18-13-6-7-14-20(18)23)16-24-15-9-8-12-17-10-4-3-5-11-17/h3-7,10-11,13-14,16,25H,2,8-9,12,15H2,1H3/b21-19+,24-16?. The second-order valence-corrected chi connectivity index (χ2v) is 6.35. The summed E-state index contributed by atoms with van der Waals surface area (Å²) < 4.78 is 5.03. The Morgan fingerprint density at radius 2 is 1.81 bits per heavy atom. The van der Waals surface area contributed by atoms with Crippen molar-refractivity contribution in [1.82, 2.24) is 0 Å². The molecule has 0 unspecified atom stereocenters. The number of unbranched alkanes of at least 4 members (excludes halogenated alkanes) is 1. The molecule has 0 amide bonds. The lowest BCUT2D eigenvalue weighted by Crippen LogP contribution is -2.11. The summed E-state index contributed by atoms with van der Waals surface area (Å²) in [4.78, 5) is 16.5. The van der Waals surface area contributed by atoms with Crippen molar-refractivity contribution in [3.63, 3.8) is 0 Å². The summed E-state index contributed by atoms with van der Waals surface area (Å²) >= 11 is 6.11. The van der Waals surface area contributed by atoms with Gasteiger partial charge in [0.25, 0.3) is 0 Å². The maximum Gasteiger partial charge on any atom is 0.343 e. The van der Waals surface area contributed by atoms with Crippen LogP contribution in [0.25, 0.3) is 5.76 Å². The number of hydrogen-bond acceptors (Lipinski definition) is 4. The number of hydrogen-bond donors (Lipinski definition) is 1. The van der Waals surface area contributed by atoms with E-state index in [2.05, 4.69) is 17.1 Å². The van der Waals surface area contributed by atoms with Gasteiger partial charge in [0.05, 0.1) is 11.6 Å². The first kappa shape index (κ1) is 20.7. The quantitative estimate of drug-likeness (QED) is 0.210. The molecule has 2 aromatic rings. The average molecular weight is 386 g/mol. The lowest BCUT2D eigenvalue weighted by molar-refractivity contribution is -0.137. The van der Waals surface area contributed by atoms with Crippen LogP contribution < -0.4 is 0 Å². The second kappa shape index (κ2) is 11.2. The molecule has 0 aliphatic heterocycles. The molecule has 0 spiro atoms. The summed E-state index contributed by atoms with van der Waals surface area (Å²) in [5.74, 6) is -0.852. The molecule has 0 aliphatic rings. The number of carbonyl (C=O) groups is 1. The first-order valence-corrected chi connectivity index (χ1v) is 9.40. The van der Waals surface area contributed by atoms with E-state index in [9.17, 15) is 9.90 Å².